The predicted octanol–water partition coefficient (Wildman–Crippen LogP) is 6.46. The highest BCUT2D eigenvalue weighted by Gasteiger charge is 2.24. The molecule has 0 saturated carbocycles. The normalized spacial score (nSPS) is 11.8. The fourth-order valence-corrected chi connectivity index (χ4v) is 3.10. The Morgan fingerprint density at radius 1 is 0.933 bits per heavy atom. The molecule has 0 saturated heterocycles. The Kier molecular flexibility index (Phi) is 6.87. The summed E-state index contributed by atoms with van der Waals surface area (Å²) in [6.45, 7) is 14.8. The predicted molar refractivity (Wildman–Crippen MR) is 121 cm³/mol. The molecule has 0 bridgehead atoms. The van der Waals surface area contributed by atoms with E-state index in [1.807, 2.05) is 48.5 Å². The summed E-state index contributed by atoms with van der Waals surface area (Å²) >= 11 is 6.47. The van der Waals surface area contributed by atoms with Crippen molar-refractivity contribution in [2.75, 3.05) is 5.32 Å². The number of Topliss-reactive ketones (excluding diaryl/α,β-unsaturated/α-hetero) is 1. The maximum atomic E-state index is 12.9. The number of ketones is 1. The third-order valence-corrected chi connectivity index (χ3v) is 4.24. The van der Waals surface area contributed by atoms with Gasteiger partial charge in [0.25, 0.3) is 5.91 Å². The molecule has 5 nitrogen and oxygen atoms in total. The molecule has 0 aliphatic rings. The summed E-state index contributed by atoms with van der Waals surface area (Å²) < 4.78 is 12.0. The first-order valence-corrected chi connectivity index (χ1v) is 10.2. The molecular weight excluding hydrogens is 402 g/mol. The number of nitrogens with one attached hydrogen (secondary N) is 1. The van der Waals surface area contributed by atoms with Crippen molar-refractivity contribution in [1.82, 2.24) is 0 Å². The lowest BCUT2D eigenvalue weighted by molar-refractivity contribution is 0.0949. The minimum Gasteiger partial charge on any atom is -0.484 e. The van der Waals surface area contributed by atoms with Crippen LogP contribution in [-0.2, 0) is 0 Å². The van der Waals surface area contributed by atoms with E-state index in [1.165, 1.54) is 6.92 Å². The zero-order valence-corrected chi connectivity index (χ0v) is 19.7. The second-order valence-corrected chi connectivity index (χ2v) is 9.66. The lowest BCUT2D eigenvalue weighted by Crippen LogP contribution is -2.27. The molecule has 1 N–H and O–H groups in total. The van der Waals surface area contributed by atoms with Crippen LogP contribution in [0.15, 0.2) is 30.3 Å². The van der Waals surface area contributed by atoms with E-state index in [9.17, 15) is 9.59 Å². The van der Waals surface area contributed by atoms with E-state index < -0.39 is 11.2 Å². The molecule has 0 spiro atoms. The van der Waals surface area contributed by atoms with E-state index in [-0.39, 0.29) is 11.7 Å². The number of carbonyl (C=O) groups is 2. The molecule has 6 heteroatoms. The molecule has 0 fully saturated rings. The highest BCUT2D eigenvalue weighted by atomic mass is 35.5. The molecular formula is C24H30ClNO4. The minimum atomic E-state index is -0.506. The number of hydrogen-bond donors (Lipinski definition) is 1. The minimum absolute atomic E-state index is 0.0180. The summed E-state index contributed by atoms with van der Waals surface area (Å²) in [6.07, 6.45) is 0. The molecule has 0 radical (unpaired) electrons. The van der Waals surface area contributed by atoms with Crippen molar-refractivity contribution in [2.24, 2.45) is 0 Å². The van der Waals surface area contributed by atoms with Gasteiger partial charge >= 0.3 is 0 Å². The van der Waals surface area contributed by atoms with Crippen LogP contribution >= 0.6 is 11.6 Å². The lowest BCUT2D eigenvalue weighted by atomic mass is 10.0. The number of rotatable bonds is 5. The second-order valence-electron chi connectivity index (χ2n) is 9.25. The largest absolute Gasteiger partial charge is 0.484 e. The third-order valence-electron chi connectivity index (χ3n) is 3.96. The average Bonchev–Trinajstić information content (AvgIpc) is 2.55. The number of anilines is 1. The molecule has 2 aromatic rings. The molecule has 162 valence electrons. The third kappa shape index (κ3) is 6.49. The van der Waals surface area contributed by atoms with Crippen LogP contribution in [0.1, 0.15) is 74.7 Å². The number of halogens is 1. The molecule has 0 unspecified atom stereocenters. The van der Waals surface area contributed by atoms with Gasteiger partial charge in [-0.25, -0.2) is 0 Å². The Hall–Kier alpha value is -2.53. The zero-order chi connectivity index (χ0) is 22.9. The van der Waals surface area contributed by atoms with Gasteiger partial charge in [-0.2, -0.15) is 0 Å². The Morgan fingerprint density at radius 3 is 2.03 bits per heavy atom. The number of carbonyl (C=O) groups excluding carboxylic acids is 2. The van der Waals surface area contributed by atoms with Crippen LogP contribution in [0, 0.1) is 6.92 Å². The van der Waals surface area contributed by atoms with E-state index in [0.29, 0.717) is 33.3 Å². The van der Waals surface area contributed by atoms with Crippen molar-refractivity contribution in [2.45, 2.75) is 66.6 Å². The van der Waals surface area contributed by atoms with E-state index >= 15 is 0 Å². The van der Waals surface area contributed by atoms with Crippen LogP contribution in [0.3, 0.4) is 0 Å². The molecule has 0 aromatic heterocycles. The number of hydrogen-bond acceptors (Lipinski definition) is 4. The van der Waals surface area contributed by atoms with Gasteiger partial charge in [-0.15, -0.1) is 0 Å². The van der Waals surface area contributed by atoms with Gasteiger partial charge in [0, 0.05) is 16.8 Å². The zero-order valence-electron chi connectivity index (χ0n) is 18.9. The van der Waals surface area contributed by atoms with Crippen LogP contribution in [0.2, 0.25) is 5.02 Å². The molecule has 2 aromatic carbocycles. The summed E-state index contributed by atoms with van der Waals surface area (Å²) in [4.78, 5) is 24.5. The Labute approximate surface area is 183 Å². The number of ether oxygens (including phenoxy) is 2. The maximum Gasteiger partial charge on any atom is 0.255 e. The quantitative estimate of drug-likeness (QED) is 0.552. The number of benzene rings is 2. The van der Waals surface area contributed by atoms with Crippen molar-refractivity contribution in [3.63, 3.8) is 0 Å². The van der Waals surface area contributed by atoms with Gasteiger partial charge in [0.05, 0.1) is 5.02 Å². The molecule has 2 rings (SSSR count). The Balaban J connectivity index is 2.40. The Morgan fingerprint density at radius 2 is 1.53 bits per heavy atom. The average molecular weight is 432 g/mol. The van der Waals surface area contributed by atoms with Crippen LogP contribution in [0.4, 0.5) is 5.69 Å². The molecule has 0 atom stereocenters. The van der Waals surface area contributed by atoms with Gasteiger partial charge in [-0.3, -0.25) is 9.59 Å². The highest BCUT2D eigenvalue weighted by molar-refractivity contribution is 6.32. The highest BCUT2D eigenvalue weighted by Crippen LogP contribution is 2.40. The fraction of sp³-hybridized carbons (Fsp3) is 0.417. The van der Waals surface area contributed by atoms with E-state index in [0.717, 1.165) is 5.56 Å². The van der Waals surface area contributed by atoms with Crippen LogP contribution in [0.25, 0.3) is 0 Å². The summed E-state index contributed by atoms with van der Waals surface area (Å²) in [5.74, 6) is 0.444. The summed E-state index contributed by atoms with van der Waals surface area (Å²) in [5, 5.41) is 3.14. The summed E-state index contributed by atoms with van der Waals surface area (Å²) in [5.41, 5.74) is 1.36. The van der Waals surface area contributed by atoms with Crippen molar-refractivity contribution >= 4 is 29.0 Å². The van der Waals surface area contributed by atoms with Crippen molar-refractivity contribution in [1.29, 1.82) is 0 Å². The standard InChI is InChI=1S/C24H30ClNO4/c1-14-11-17(9-10-18(14)15(2)27)26-22(28)16-12-19(25)21(30-24(6,7)8)20(13-16)29-23(3,4)5/h9-13H,1-8H3,(H,26,28). The Bertz CT molecular complexity index is 968. The number of amides is 1. The van der Waals surface area contributed by atoms with Gasteiger partial charge in [0.15, 0.2) is 17.3 Å². The first kappa shape index (κ1) is 23.7. The van der Waals surface area contributed by atoms with Crippen molar-refractivity contribution in [3.8, 4) is 11.5 Å². The molecule has 1 amide bonds. The summed E-state index contributed by atoms with van der Waals surface area (Å²) in [7, 11) is 0. The van der Waals surface area contributed by atoms with Crippen LogP contribution in [0.5, 0.6) is 11.5 Å². The van der Waals surface area contributed by atoms with Crippen LogP contribution < -0.4 is 14.8 Å². The molecule has 0 aliphatic heterocycles. The van der Waals surface area contributed by atoms with Crippen molar-refractivity contribution < 1.29 is 19.1 Å². The first-order valence-electron chi connectivity index (χ1n) is 9.81. The monoisotopic (exact) mass is 431 g/mol. The molecule has 0 heterocycles. The fourth-order valence-electron chi connectivity index (χ4n) is 2.85. The van der Waals surface area contributed by atoms with Gasteiger partial charge in [-0.05, 0) is 91.3 Å². The van der Waals surface area contributed by atoms with E-state index in [2.05, 4.69) is 5.32 Å². The van der Waals surface area contributed by atoms with Gasteiger partial charge in [0.2, 0.25) is 0 Å². The molecule has 30 heavy (non-hydrogen) atoms. The SMILES string of the molecule is CC(=O)c1ccc(NC(=O)c2cc(Cl)c(OC(C)(C)C)c(OC(C)(C)C)c2)cc1C. The number of aryl methyl sites for hydroxylation is 1. The smallest absolute Gasteiger partial charge is 0.255 e. The van der Waals surface area contributed by atoms with Crippen molar-refractivity contribution in [3.05, 3.63) is 52.0 Å². The molecule has 0 aliphatic carbocycles. The van der Waals surface area contributed by atoms with Gasteiger partial charge < -0.3 is 14.8 Å². The van der Waals surface area contributed by atoms with E-state index in [4.69, 9.17) is 21.1 Å². The summed E-state index contributed by atoms with van der Waals surface area (Å²) in [6, 6.07) is 8.36. The lowest BCUT2D eigenvalue weighted by Gasteiger charge is -2.28. The van der Waals surface area contributed by atoms with Crippen LogP contribution in [-0.4, -0.2) is 22.9 Å². The first-order chi connectivity index (χ1) is 13.7. The van der Waals surface area contributed by atoms with Gasteiger partial charge in [0.1, 0.15) is 11.2 Å². The topological polar surface area (TPSA) is 64.6 Å². The van der Waals surface area contributed by atoms with Gasteiger partial charge in [-0.1, -0.05) is 11.6 Å². The maximum absolute atomic E-state index is 12.9. The second kappa shape index (κ2) is 8.68. The van der Waals surface area contributed by atoms with E-state index in [1.54, 1.807) is 30.3 Å².